The first-order valence-electron chi connectivity index (χ1n) is 1.69. The molecule has 0 unspecified atom stereocenters. The Morgan fingerprint density at radius 1 is 2.00 bits per heavy atom. The fourth-order valence-electron chi connectivity index (χ4n) is 0.0668. The van der Waals surface area contributed by atoms with Gasteiger partial charge < -0.3 is 0 Å². The normalized spacial score (nSPS) is 12.2. The maximum atomic E-state index is 5.12. The van der Waals surface area contributed by atoms with Crippen LogP contribution in [-0.2, 0) is 0 Å². The monoisotopic (exact) mass is 167 g/mol. The van der Waals surface area contributed by atoms with Gasteiger partial charge >= 0.3 is 0 Å². The number of halogens is 2. The van der Waals surface area contributed by atoms with Gasteiger partial charge in [0.05, 0.1) is 5.54 Å². The van der Waals surface area contributed by atoms with Gasteiger partial charge in [-0.25, -0.2) is 0 Å². The molecule has 1 radical (unpaired) electrons. The Balaban J connectivity index is 3.22. The van der Waals surface area contributed by atoms with Crippen molar-refractivity contribution in [3.05, 3.63) is 10.0 Å². The summed E-state index contributed by atoms with van der Waals surface area (Å²) in [6.45, 7) is 2.00. The molecule has 0 heterocycles. The summed E-state index contributed by atoms with van der Waals surface area (Å²) in [5.74, 6) is 0. The minimum Gasteiger partial charge on any atom is -0.0818 e. The highest BCUT2D eigenvalue weighted by Gasteiger charge is 1.78. The van der Waals surface area contributed by atoms with Crippen molar-refractivity contribution in [2.75, 3.05) is 0 Å². The molecule has 0 aromatic rings. The molecular weight excluding hydrogens is 163 g/mol. The maximum Gasteiger partial charge on any atom is 0.0701 e. The first kappa shape index (κ1) is 6.51. The highest BCUT2D eigenvalue weighted by molar-refractivity contribution is 9.11. The summed E-state index contributed by atoms with van der Waals surface area (Å²) < 4.78 is 0.921. The molecule has 0 aliphatic rings. The van der Waals surface area contributed by atoms with Crippen LogP contribution < -0.4 is 0 Å². The van der Waals surface area contributed by atoms with Crippen LogP contribution in [0.3, 0.4) is 0 Å². The van der Waals surface area contributed by atoms with Crippen molar-refractivity contribution in [2.24, 2.45) is 0 Å². The Labute approximate surface area is 51.3 Å². The zero-order valence-electron chi connectivity index (χ0n) is 3.46. The van der Waals surface area contributed by atoms with Gasteiger partial charge in [-0.3, -0.25) is 0 Å². The predicted molar refractivity (Wildman–Crippen MR) is 31.8 cm³/mol. The average Bonchev–Trinajstić information content (AvgIpc) is 1.65. The van der Waals surface area contributed by atoms with Crippen molar-refractivity contribution in [3.8, 4) is 0 Å². The third-order valence-electron chi connectivity index (χ3n) is 0.413. The fraction of sp³-hybridized carbons (Fsp3) is 0.500. The summed E-state index contributed by atoms with van der Waals surface area (Å²) in [5, 5.41) is 0. The number of allylic oxidation sites excluding steroid dienone is 1. The fourth-order valence-corrected chi connectivity index (χ4v) is 0.200. The lowest BCUT2D eigenvalue weighted by atomic mass is 10.5. The van der Waals surface area contributed by atoms with Crippen molar-refractivity contribution in [3.63, 3.8) is 0 Å². The molecular formula is C4H5BrCl. The quantitative estimate of drug-likeness (QED) is 0.565. The first-order chi connectivity index (χ1) is 2.81. The molecule has 2 heteroatoms. The van der Waals surface area contributed by atoms with Crippen LogP contribution in [-0.4, -0.2) is 0 Å². The van der Waals surface area contributed by atoms with Crippen LogP contribution in [0.4, 0.5) is 0 Å². The van der Waals surface area contributed by atoms with E-state index < -0.39 is 0 Å². The van der Waals surface area contributed by atoms with Crippen molar-refractivity contribution >= 4 is 27.5 Å². The van der Waals surface area contributed by atoms with Gasteiger partial charge in [-0.15, -0.1) is 0 Å². The highest BCUT2D eigenvalue weighted by atomic mass is 79.9. The van der Waals surface area contributed by atoms with Gasteiger partial charge in [-0.05, 0) is 6.42 Å². The molecule has 0 rings (SSSR count). The Bertz CT molecular complexity index is 58.6. The third kappa shape index (κ3) is 2.73. The molecule has 0 saturated carbocycles. The molecule has 0 amide bonds. The van der Waals surface area contributed by atoms with Gasteiger partial charge in [0.15, 0.2) is 0 Å². The van der Waals surface area contributed by atoms with Gasteiger partial charge in [0, 0.05) is 4.48 Å². The molecule has 0 bridgehead atoms. The second-order valence-corrected chi connectivity index (χ2v) is 2.00. The summed E-state index contributed by atoms with van der Waals surface area (Å²) in [6, 6.07) is 0. The van der Waals surface area contributed by atoms with Gasteiger partial charge in [0.1, 0.15) is 0 Å². The van der Waals surface area contributed by atoms with E-state index in [-0.39, 0.29) is 0 Å². The third-order valence-corrected chi connectivity index (χ3v) is 1.63. The van der Waals surface area contributed by atoms with Crippen molar-refractivity contribution in [1.82, 2.24) is 0 Å². The summed E-state index contributed by atoms with van der Waals surface area (Å²) in [6.07, 6.45) is 0.920. The molecule has 0 atom stereocenters. The predicted octanol–water partition coefficient (Wildman–Crippen LogP) is 2.67. The lowest BCUT2D eigenvalue weighted by Gasteiger charge is -1.79. The minimum absolute atomic E-state index is 0.920. The molecule has 0 aromatic heterocycles. The van der Waals surface area contributed by atoms with Crippen molar-refractivity contribution in [2.45, 2.75) is 13.3 Å². The number of hydrogen-bond donors (Lipinski definition) is 0. The molecule has 0 aromatic carbocycles. The van der Waals surface area contributed by atoms with E-state index in [1.165, 1.54) is 0 Å². The molecule has 0 spiro atoms. The number of rotatable bonds is 1. The van der Waals surface area contributed by atoms with E-state index in [9.17, 15) is 0 Å². The summed E-state index contributed by atoms with van der Waals surface area (Å²) >= 11 is 8.27. The topological polar surface area (TPSA) is 0 Å². The van der Waals surface area contributed by atoms with Crippen LogP contribution in [0.2, 0.25) is 0 Å². The van der Waals surface area contributed by atoms with E-state index in [1.54, 1.807) is 0 Å². The molecule has 6 heavy (non-hydrogen) atoms. The molecule has 0 saturated heterocycles. The smallest absolute Gasteiger partial charge is 0.0701 e. The summed E-state index contributed by atoms with van der Waals surface area (Å²) in [7, 11) is 0. The molecule has 0 aliphatic heterocycles. The van der Waals surface area contributed by atoms with Crippen LogP contribution >= 0.6 is 27.5 Å². The van der Waals surface area contributed by atoms with Crippen LogP contribution in [0.15, 0.2) is 4.48 Å². The Kier molecular flexibility index (Phi) is 4.01. The Hall–Kier alpha value is 0.510. The summed E-state index contributed by atoms with van der Waals surface area (Å²) in [4.78, 5) is 0. The van der Waals surface area contributed by atoms with E-state index in [0.29, 0.717) is 0 Å². The van der Waals surface area contributed by atoms with Gasteiger partial charge in [-0.2, -0.15) is 0 Å². The van der Waals surface area contributed by atoms with Crippen LogP contribution in [0.25, 0.3) is 0 Å². The SMILES string of the molecule is CC/C(Br)=[C]\Cl. The second kappa shape index (κ2) is 3.69. The zero-order valence-corrected chi connectivity index (χ0v) is 5.80. The lowest BCUT2D eigenvalue weighted by molar-refractivity contribution is 1.21. The Morgan fingerprint density at radius 3 is 2.50 bits per heavy atom. The standard InChI is InChI=1S/C4H5BrCl/c1-2-4(5)3-6/h2H2,1H3. The highest BCUT2D eigenvalue weighted by Crippen LogP contribution is 2.08. The van der Waals surface area contributed by atoms with E-state index in [4.69, 9.17) is 11.6 Å². The zero-order chi connectivity index (χ0) is 4.99. The molecule has 35 valence electrons. The molecule has 0 aliphatic carbocycles. The van der Waals surface area contributed by atoms with E-state index in [0.717, 1.165) is 10.9 Å². The van der Waals surface area contributed by atoms with Gasteiger partial charge in [0.2, 0.25) is 0 Å². The van der Waals surface area contributed by atoms with Crippen molar-refractivity contribution in [1.29, 1.82) is 0 Å². The van der Waals surface area contributed by atoms with E-state index >= 15 is 0 Å². The molecule has 0 fully saturated rings. The Morgan fingerprint density at radius 2 is 2.50 bits per heavy atom. The van der Waals surface area contributed by atoms with Crippen LogP contribution in [0.1, 0.15) is 13.3 Å². The van der Waals surface area contributed by atoms with Crippen molar-refractivity contribution < 1.29 is 0 Å². The second-order valence-electron chi connectivity index (χ2n) is 0.853. The molecule has 0 nitrogen and oxygen atoms in total. The van der Waals surface area contributed by atoms with Crippen LogP contribution in [0.5, 0.6) is 0 Å². The average molecular weight is 168 g/mol. The van der Waals surface area contributed by atoms with E-state index in [1.807, 2.05) is 6.92 Å². The lowest BCUT2D eigenvalue weighted by Crippen LogP contribution is -1.56. The van der Waals surface area contributed by atoms with Gasteiger partial charge in [-0.1, -0.05) is 34.5 Å². The largest absolute Gasteiger partial charge is 0.0818 e. The van der Waals surface area contributed by atoms with Gasteiger partial charge in [0.25, 0.3) is 0 Å². The maximum absolute atomic E-state index is 5.12. The van der Waals surface area contributed by atoms with Crippen LogP contribution in [0, 0.1) is 5.54 Å². The number of hydrogen-bond acceptors (Lipinski definition) is 0. The summed E-state index contributed by atoms with van der Waals surface area (Å²) in [5.41, 5.74) is 2.42. The first-order valence-corrected chi connectivity index (χ1v) is 2.86. The minimum atomic E-state index is 0.920. The molecule has 0 N–H and O–H groups in total. The van der Waals surface area contributed by atoms with E-state index in [2.05, 4.69) is 21.5 Å².